The van der Waals surface area contributed by atoms with Gasteiger partial charge in [0, 0.05) is 0 Å². The highest BCUT2D eigenvalue weighted by atomic mass is 28.3. The maximum atomic E-state index is 2.45. The molecular weight excluding hydrogens is 172 g/mol. The van der Waals surface area contributed by atoms with Crippen molar-refractivity contribution >= 4 is 13.6 Å². The average Bonchev–Trinajstić information content (AvgIpc) is 2.03. The topological polar surface area (TPSA) is 0 Å². The van der Waals surface area contributed by atoms with Gasteiger partial charge in [0.1, 0.15) is 0 Å². The summed E-state index contributed by atoms with van der Waals surface area (Å²) < 4.78 is 0. The lowest BCUT2D eigenvalue weighted by molar-refractivity contribution is 1.57. The summed E-state index contributed by atoms with van der Waals surface area (Å²) in [4.78, 5) is 0. The van der Waals surface area contributed by atoms with Gasteiger partial charge in [0.15, 0.2) is 0 Å². The minimum atomic E-state index is -1.07. The summed E-state index contributed by atoms with van der Waals surface area (Å²) in [6, 6.07) is 10.6. The summed E-state index contributed by atoms with van der Waals surface area (Å²) >= 11 is 0. The van der Waals surface area contributed by atoms with E-state index in [1.54, 1.807) is 0 Å². The molecule has 1 rings (SSSR count). The van der Waals surface area contributed by atoms with Crippen LogP contribution < -0.4 is 0 Å². The van der Waals surface area contributed by atoms with Crippen molar-refractivity contribution in [1.29, 1.82) is 0 Å². The zero-order chi connectivity index (χ0) is 9.90. The van der Waals surface area contributed by atoms with Gasteiger partial charge >= 0.3 is 0 Å². The van der Waals surface area contributed by atoms with Gasteiger partial charge in [-0.05, 0) is 12.5 Å². The molecule has 1 aromatic rings. The number of allylic oxidation sites excluding steroid dienone is 1. The van der Waals surface area contributed by atoms with Crippen molar-refractivity contribution in [2.75, 3.05) is 0 Å². The van der Waals surface area contributed by atoms with Crippen LogP contribution >= 0.6 is 0 Å². The zero-order valence-electron chi connectivity index (χ0n) is 8.96. The van der Waals surface area contributed by atoms with E-state index >= 15 is 0 Å². The molecule has 0 amide bonds. The van der Waals surface area contributed by atoms with Gasteiger partial charge in [-0.25, -0.2) is 0 Å². The molecule has 0 bridgehead atoms. The first-order valence-electron chi connectivity index (χ1n) is 4.74. The van der Waals surface area contributed by atoms with Gasteiger partial charge in [0.05, 0.1) is 8.07 Å². The van der Waals surface area contributed by atoms with Crippen LogP contribution in [-0.4, -0.2) is 8.07 Å². The highest BCUT2D eigenvalue weighted by Gasteiger charge is 2.09. The van der Waals surface area contributed by atoms with Crippen LogP contribution in [-0.2, 0) is 0 Å². The van der Waals surface area contributed by atoms with Gasteiger partial charge in [-0.3, -0.25) is 0 Å². The van der Waals surface area contributed by atoms with E-state index in [9.17, 15) is 0 Å². The Bertz CT molecular complexity index is 291. The quantitative estimate of drug-likeness (QED) is 0.619. The first-order valence-corrected chi connectivity index (χ1v) is 8.32. The van der Waals surface area contributed by atoms with Crippen LogP contribution in [0.2, 0.25) is 19.6 Å². The number of rotatable bonds is 2. The Kier molecular flexibility index (Phi) is 3.10. The van der Waals surface area contributed by atoms with E-state index in [1.807, 2.05) is 0 Å². The molecule has 0 N–H and O–H groups in total. The molecule has 70 valence electrons. The van der Waals surface area contributed by atoms with Crippen molar-refractivity contribution in [3.63, 3.8) is 0 Å². The molecule has 0 aliphatic rings. The first-order chi connectivity index (χ1) is 5.99. The second-order valence-corrected chi connectivity index (χ2v) is 9.58. The Labute approximate surface area is 82.3 Å². The van der Waals surface area contributed by atoms with Crippen molar-refractivity contribution in [3.8, 4) is 0 Å². The molecule has 0 aliphatic carbocycles. The molecule has 0 atom stereocenters. The molecular formula is C12H18Si. The summed E-state index contributed by atoms with van der Waals surface area (Å²) in [5, 5.41) is 0. The second-order valence-electron chi connectivity index (χ2n) is 4.56. The number of benzene rings is 1. The van der Waals surface area contributed by atoms with E-state index in [1.165, 1.54) is 11.1 Å². The highest BCUT2D eigenvalue weighted by Crippen LogP contribution is 2.16. The van der Waals surface area contributed by atoms with E-state index in [0.717, 1.165) is 0 Å². The van der Waals surface area contributed by atoms with Crippen molar-refractivity contribution in [2.45, 2.75) is 26.6 Å². The van der Waals surface area contributed by atoms with Crippen molar-refractivity contribution < 1.29 is 0 Å². The van der Waals surface area contributed by atoms with E-state index in [-0.39, 0.29) is 0 Å². The maximum absolute atomic E-state index is 2.45. The van der Waals surface area contributed by atoms with Crippen LogP contribution in [0.3, 0.4) is 0 Å². The number of hydrogen-bond acceptors (Lipinski definition) is 0. The average molecular weight is 190 g/mol. The lowest BCUT2D eigenvalue weighted by Gasteiger charge is -2.11. The van der Waals surface area contributed by atoms with E-state index in [0.29, 0.717) is 0 Å². The third-order valence-corrected chi connectivity index (χ3v) is 3.18. The molecule has 0 nitrogen and oxygen atoms in total. The molecule has 0 heterocycles. The fourth-order valence-corrected chi connectivity index (χ4v) is 2.90. The third kappa shape index (κ3) is 3.60. The van der Waals surface area contributed by atoms with Gasteiger partial charge in [-0.1, -0.05) is 61.2 Å². The standard InChI is InChI=1S/C12H18Si/c1-11(10-13(2,3)4)12-8-6-5-7-9-12/h5-10H,1-4H3/b11-10+. The van der Waals surface area contributed by atoms with E-state index in [4.69, 9.17) is 0 Å². The molecule has 0 aliphatic heterocycles. The zero-order valence-corrected chi connectivity index (χ0v) is 9.96. The summed E-state index contributed by atoms with van der Waals surface area (Å²) in [5.74, 6) is 0. The maximum Gasteiger partial charge on any atom is 0.0690 e. The summed E-state index contributed by atoms with van der Waals surface area (Å²) in [6.45, 7) is 9.28. The van der Waals surface area contributed by atoms with Gasteiger partial charge in [-0.2, -0.15) is 0 Å². The summed E-state index contributed by atoms with van der Waals surface area (Å²) in [6.07, 6.45) is 0. The largest absolute Gasteiger partial charge is 0.0916 e. The van der Waals surface area contributed by atoms with Crippen molar-refractivity contribution in [2.24, 2.45) is 0 Å². The predicted molar refractivity (Wildman–Crippen MR) is 63.4 cm³/mol. The molecule has 0 fully saturated rings. The van der Waals surface area contributed by atoms with Crippen LogP contribution in [0.5, 0.6) is 0 Å². The minimum absolute atomic E-state index is 1.07. The van der Waals surface area contributed by atoms with Gasteiger partial charge < -0.3 is 0 Å². The summed E-state index contributed by atoms with van der Waals surface area (Å²) in [7, 11) is -1.07. The van der Waals surface area contributed by atoms with Gasteiger partial charge in [0.2, 0.25) is 0 Å². The smallest absolute Gasteiger partial charge is 0.0690 e. The number of hydrogen-bond donors (Lipinski definition) is 0. The Morgan fingerprint density at radius 3 is 2.08 bits per heavy atom. The molecule has 13 heavy (non-hydrogen) atoms. The molecule has 0 saturated carbocycles. The second kappa shape index (κ2) is 3.92. The van der Waals surface area contributed by atoms with Crippen LogP contribution in [0, 0.1) is 0 Å². The normalized spacial score (nSPS) is 13.1. The summed E-state index contributed by atoms with van der Waals surface area (Å²) in [5.41, 5.74) is 5.21. The monoisotopic (exact) mass is 190 g/mol. The van der Waals surface area contributed by atoms with Crippen LogP contribution in [0.25, 0.3) is 5.57 Å². The van der Waals surface area contributed by atoms with Crippen molar-refractivity contribution in [3.05, 3.63) is 41.6 Å². The van der Waals surface area contributed by atoms with Crippen LogP contribution in [0.4, 0.5) is 0 Å². The molecule has 0 saturated heterocycles. The van der Waals surface area contributed by atoms with Gasteiger partial charge in [0.25, 0.3) is 0 Å². The fraction of sp³-hybridized carbons (Fsp3) is 0.333. The Hall–Kier alpha value is -0.823. The molecule has 0 radical (unpaired) electrons. The molecule has 0 spiro atoms. The first kappa shape index (κ1) is 10.3. The Morgan fingerprint density at radius 2 is 1.62 bits per heavy atom. The highest BCUT2D eigenvalue weighted by molar-refractivity contribution is 6.81. The molecule has 0 aromatic heterocycles. The SMILES string of the molecule is C/C(=C\[Si](C)(C)C)c1ccccc1. The molecule has 1 heteroatoms. The molecule has 0 unspecified atom stereocenters. The molecule has 1 aromatic carbocycles. The minimum Gasteiger partial charge on any atom is -0.0916 e. The van der Waals surface area contributed by atoms with Crippen LogP contribution in [0.1, 0.15) is 12.5 Å². The lowest BCUT2D eigenvalue weighted by atomic mass is 10.1. The van der Waals surface area contributed by atoms with Crippen LogP contribution in [0.15, 0.2) is 36.0 Å². The fourth-order valence-electron chi connectivity index (χ4n) is 1.43. The van der Waals surface area contributed by atoms with E-state index < -0.39 is 8.07 Å². The third-order valence-electron chi connectivity index (χ3n) is 1.88. The van der Waals surface area contributed by atoms with E-state index in [2.05, 4.69) is 62.6 Å². The van der Waals surface area contributed by atoms with Crippen molar-refractivity contribution in [1.82, 2.24) is 0 Å². The van der Waals surface area contributed by atoms with Gasteiger partial charge in [-0.15, -0.1) is 0 Å². The predicted octanol–water partition coefficient (Wildman–Crippen LogP) is 3.97. The Balaban J connectivity index is 2.92. The lowest BCUT2D eigenvalue weighted by Crippen LogP contribution is -2.16. The Morgan fingerprint density at radius 1 is 1.08 bits per heavy atom.